The number of H-pyrrole nitrogens is 1. The van der Waals surface area contributed by atoms with Gasteiger partial charge in [0.25, 0.3) is 0 Å². The van der Waals surface area contributed by atoms with Crippen LogP contribution in [0.3, 0.4) is 0 Å². The Bertz CT molecular complexity index is 1020. The van der Waals surface area contributed by atoms with Crippen LogP contribution in [-0.4, -0.2) is 39.5 Å². The highest BCUT2D eigenvalue weighted by Gasteiger charge is 2.23. The van der Waals surface area contributed by atoms with Crippen LogP contribution in [0.4, 0.5) is 10.1 Å². The number of hydrogen-bond donors (Lipinski definition) is 2. The minimum Gasteiger partial charge on any atom is -0.381 e. The van der Waals surface area contributed by atoms with Crippen LogP contribution in [0, 0.1) is 5.82 Å². The van der Waals surface area contributed by atoms with E-state index in [1.807, 2.05) is 29.2 Å². The van der Waals surface area contributed by atoms with E-state index in [4.69, 9.17) is 0 Å². The highest BCUT2D eigenvalue weighted by molar-refractivity contribution is 5.77. The van der Waals surface area contributed by atoms with Crippen LogP contribution in [0.1, 0.15) is 19.3 Å². The molecule has 3 aromatic rings. The third-order valence-electron chi connectivity index (χ3n) is 5.22. The molecule has 7 heteroatoms. The predicted octanol–water partition coefficient (Wildman–Crippen LogP) is 2.96. The summed E-state index contributed by atoms with van der Waals surface area (Å²) in [6.07, 6.45) is 2.16. The number of nitrogens with zero attached hydrogens (tertiary/aromatic N) is 2. The van der Waals surface area contributed by atoms with E-state index in [2.05, 4.69) is 10.3 Å². The van der Waals surface area contributed by atoms with E-state index in [1.165, 1.54) is 12.1 Å². The Balaban J connectivity index is 1.37. The number of piperidine rings is 1. The molecule has 0 radical (unpaired) electrons. The SMILES string of the molecule is O=C(CCn1c(=O)[nH]c2ccccc21)N1CCC[C@H](Nc2ccc(F)cc2)C1. The highest BCUT2D eigenvalue weighted by Crippen LogP contribution is 2.18. The topological polar surface area (TPSA) is 70.1 Å². The number of imidazole rings is 1. The number of aryl methyl sites for hydroxylation is 1. The number of amides is 1. The summed E-state index contributed by atoms with van der Waals surface area (Å²) < 4.78 is 14.7. The maximum absolute atomic E-state index is 13.1. The van der Waals surface area contributed by atoms with Crippen LogP contribution in [-0.2, 0) is 11.3 Å². The Labute approximate surface area is 162 Å². The number of rotatable bonds is 5. The number of carbonyl (C=O) groups excluding carboxylic acids is 1. The average molecular weight is 382 g/mol. The van der Waals surface area contributed by atoms with E-state index in [1.54, 1.807) is 16.7 Å². The molecule has 2 aromatic carbocycles. The summed E-state index contributed by atoms with van der Waals surface area (Å²) in [5.74, 6) is -0.221. The lowest BCUT2D eigenvalue weighted by Gasteiger charge is -2.34. The van der Waals surface area contributed by atoms with Crippen molar-refractivity contribution in [3.63, 3.8) is 0 Å². The van der Waals surface area contributed by atoms with Crippen molar-refractivity contribution in [2.45, 2.75) is 31.8 Å². The van der Waals surface area contributed by atoms with Gasteiger partial charge in [0, 0.05) is 37.8 Å². The van der Waals surface area contributed by atoms with Crippen molar-refractivity contribution >= 4 is 22.6 Å². The largest absolute Gasteiger partial charge is 0.381 e. The van der Waals surface area contributed by atoms with Crippen LogP contribution < -0.4 is 11.0 Å². The zero-order valence-corrected chi connectivity index (χ0v) is 15.5. The van der Waals surface area contributed by atoms with Crippen LogP contribution >= 0.6 is 0 Å². The Kier molecular flexibility index (Phi) is 5.14. The number of anilines is 1. The fraction of sp³-hybridized carbons (Fsp3) is 0.333. The van der Waals surface area contributed by atoms with Crippen molar-refractivity contribution < 1.29 is 9.18 Å². The molecule has 28 heavy (non-hydrogen) atoms. The number of carbonyl (C=O) groups is 1. The van der Waals surface area contributed by atoms with Gasteiger partial charge in [-0.15, -0.1) is 0 Å². The van der Waals surface area contributed by atoms with Gasteiger partial charge in [-0.05, 0) is 49.2 Å². The lowest BCUT2D eigenvalue weighted by Crippen LogP contribution is -2.45. The average Bonchev–Trinajstić information content (AvgIpc) is 3.03. The molecule has 0 spiro atoms. The van der Waals surface area contributed by atoms with Crippen LogP contribution in [0.5, 0.6) is 0 Å². The number of halogens is 1. The van der Waals surface area contributed by atoms with Crippen molar-refractivity contribution in [2.24, 2.45) is 0 Å². The van der Waals surface area contributed by atoms with Gasteiger partial charge >= 0.3 is 5.69 Å². The van der Waals surface area contributed by atoms with Gasteiger partial charge in [-0.25, -0.2) is 9.18 Å². The summed E-state index contributed by atoms with van der Waals surface area (Å²) in [6, 6.07) is 13.9. The maximum atomic E-state index is 13.1. The van der Waals surface area contributed by atoms with Crippen molar-refractivity contribution in [1.82, 2.24) is 14.5 Å². The number of para-hydroxylation sites is 2. The molecule has 0 unspecified atom stereocenters. The first kappa shape index (κ1) is 18.3. The van der Waals surface area contributed by atoms with E-state index in [9.17, 15) is 14.0 Å². The minimum absolute atomic E-state index is 0.0442. The zero-order valence-electron chi connectivity index (χ0n) is 15.5. The molecule has 0 saturated carbocycles. The smallest absolute Gasteiger partial charge is 0.326 e. The summed E-state index contributed by atoms with van der Waals surface area (Å²) in [5, 5.41) is 3.38. The highest BCUT2D eigenvalue weighted by atomic mass is 19.1. The van der Waals surface area contributed by atoms with Gasteiger partial charge in [0.2, 0.25) is 5.91 Å². The van der Waals surface area contributed by atoms with Gasteiger partial charge in [0.15, 0.2) is 0 Å². The Morgan fingerprint density at radius 3 is 2.79 bits per heavy atom. The second-order valence-corrected chi connectivity index (χ2v) is 7.18. The number of fused-ring (bicyclic) bond motifs is 1. The molecule has 146 valence electrons. The third-order valence-corrected chi connectivity index (χ3v) is 5.22. The van der Waals surface area contributed by atoms with Crippen molar-refractivity contribution in [2.75, 3.05) is 18.4 Å². The summed E-state index contributed by atoms with van der Waals surface area (Å²) >= 11 is 0. The standard InChI is InChI=1S/C21H23FN4O2/c22-15-7-9-16(10-8-15)23-17-4-3-12-25(14-17)20(27)11-13-26-19-6-2-1-5-18(19)24-21(26)28/h1-2,5-10,17,23H,3-4,11-14H2,(H,24,28)/t17-/m0/s1. The zero-order chi connectivity index (χ0) is 19.5. The van der Waals surface area contributed by atoms with E-state index in [-0.39, 0.29) is 29.9 Å². The molecule has 6 nitrogen and oxygen atoms in total. The number of aromatic nitrogens is 2. The number of aromatic amines is 1. The van der Waals surface area contributed by atoms with Crippen LogP contribution in [0.25, 0.3) is 11.0 Å². The summed E-state index contributed by atoms with van der Waals surface area (Å²) in [7, 11) is 0. The Morgan fingerprint density at radius 1 is 1.18 bits per heavy atom. The first-order chi connectivity index (χ1) is 13.6. The maximum Gasteiger partial charge on any atom is 0.326 e. The number of likely N-dealkylation sites (tertiary alicyclic amines) is 1. The molecule has 1 atom stereocenters. The Hall–Kier alpha value is -3.09. The first-order valence-electron chi connectivity index (χ1n) is 9.57. The second-order valence-electron chi connectivity index (χ2n) is 7.18. The number of nitrogens with one attached hydrogen (secondary N) is 2. The van der Waals surface area contributed by atoms with Crippen LogP contribution in [0.2, 0.25) is 0 Å². The van der Waals surface area contributed by atoms with Gasteiger partial charge < -0.3 is 15.2 Å². The van der Waals surface area contributed by atoms with Gasteiger partial charge in [0.1, 0.15) is 5.82 Å². The molecule has 1 aliphatic rings. The number of benzene rings is 2. The molecular weight excluding hydrogens is 359 g/mol. The molecule has 1 aliphatic heterocycles. The normalized spacial score (nSPS) is 17.0. The van der Waals surface area contributed by atoms with E-state index < -0.39 is 0 Å². The fourth-order valence-corrected chi connectivity index (χ4v) is 3.80. The molecule has 4 rings (SSSR count). The molecule has 1 saturated heterocycles. The third kappa shape index (κ3) is 3.93. The van der Waals surface area contributed by atoms with E-state index in [0.717, 1.165) is 36.1 Å². The van der Waals surface area contributed by atoms with Gasteiger partial charge in [-0.3, -0.25) is 9.36 Å². The minimum atomic E-state index is -0.265. The molecule has 1 fully saturated rings. The number of hydrogen-bond acceptors (Lipinski definition) is 3. The summed E-state index contributed by atoms with van der Waals surface area (Å²) in [4.78, 5) is 29.5. The van der Waals surface area contributed by atoms with Gasteiger partial charge in [-0.2, -0.15) is 0 Å². The Morgan fingerprint density at radius 2 is 1.96 bits per heavy atom. The fourth-order valence-electron chi connectivity index (χ4n) is 3.80. The molecule has 2 N–H and O–H groups in total. The molecule has 2 heterocycles. The van der Waals surface area contributed by atoms with E-state index >= 15 is 0 Å². The predicted molar refractivity (Wildman–Crippen MR) is 107 cm³/mol. The molecule has 1 aromatic heterocycles. The second kappa shape index (κ2) is 7.88. The molecular formula is C21H23FN4O2. The lowest BCUT2D eigenvalue weighted by atomic mass is 10.0. The quantitative estimate of drug-likeness (QED) is 0.713. The van der Waals surface area contributed by atoms with E-state index in [0.29, 0.717) is 13.1 Å². The van der Waals surface area contributed by atoms with Gasteiger partial charge in [-0.1, -0.05) is 12.1 Å². The molecule has 1 amide bonds. The van der Waals surface area contributed by atoms with Crippen molar-refractivity contribution in [3.05, 3.63) is 64.8 Å². The molecule has 0 bridgehead atoms. The first-order valence-corrected chi connectivity index (χ1v) is 9.57. The van der Waals surface area contributed by atoms with Crippen LogP contribution in [0.15, 0.2) is 53.3 Å². The van der Waals surface area contributed by atoms with Crippen molar-refractivity contribution in [3.8, 4) is 0 Å². The van der Waals surface area contributed by atoms with Crippen molar-refractivity contribution in [1.29, 1.82) is 0 Å². The monoisotopic (exact) mass is 382 g/mol. The summed E-state index contributed by atoms with van der Waals surface area (Å²) in [6.45, 7) is 1.69. The van der Waals surface area contributed by atoms with Gasteiger partial charge in [0.05, 0.1) is 11.0 Å². The molecule has 0 aliphatic carbocycles. The summed E-state index contributed by atoms with van der Waals surface area (Å²) in [5.41, 5.74) is 2.26. The lowest BCUT2D eigenvalue weighted by molar-refractivity contribution is -0.132.